The van der Waals surface area contributed by atoms with E-state index in [1.54, 1.807) is 30.3 Å². The van der Waals surface area contributed by atoms with E-state index in [0.717, 1.165) is 41.8 Å². The van der Waals surface area contributed by atoms with Crippen LogP contribution in [0.2, 0.25) is 0 Å². The van der Waals surface area contributed by atoms with Crippen molar-refractivity contribution in [3.05, 3.63) is 59.4 Å². The largest absolute Gasteiger partial charge is 0.461 e. The van der Waals surface area contributed by atoms with Crippen LogP contribution in [0.1, 0.15) is 16.9 Å². The predicted octanol–water partition coefficient (Wildman–Crippen LogP) is 3.64. The Labute approximate surface area is 147 Å². The van der Waals surface area contributed by atoms with E-state index in [4.69, 9.17) is 4.42 Å². The van der Waals surface area contributed by atoms with E-state index < -0.39 is 9.84 Å². The first-order valence-corrected chi connectivity index (χ1v) is 9.11. The van der Waals surface area contributed by atoms with Crippen molar-refractivity contribution < 1.29 is 12.8 Å². The SMILES string of the molecule is Cc1cccc(S(=O)(=O)c2ccc3c4c(oc3c2)CCNC4)c1.Cl. The summed E-state index contributed by atoms with van der Waals surface area (Å²) in [4.78, 5) is 0.587. The first-order valence-electron chi connectivity index (χ1n) is 7.62. The molecule has 0 unspecified atom stereocenters. The number of rotatable bonds is 2. The predicted molar refractivity (Wildman–Crippen MR) is 95.5 cm³/mol. The summed E-state index contributed by atoms with van der Waals surface area (Å²) in [6.45, 7) is 3.55. The minimum absolute atomic E-state index is 0. The van der Waals surface area contributed by atoms with Crippen LogP contribution in [0.5, 0.6) is 0 Å². The highest BCUT2D eigenvalue weighted by Gasteiger charge is 2.22. The van der Waals surface area contributed by atoms with Crippen molar-refractivity contribution in [1.29, 1.82) is 0 Å². The third kappa shape index (κ3) is 2.73. The zero-order valence-electron chi connectivity index (χ0n) is 13.2. The van der Waals surface area contributed by atoms with Gasteiger partial charge in [-0.25, -0.2) is 8.42 Å². The highest BCUT2D eigenvalue weighted by molar-refractivity contribution is 7.91. The number of fused-ring (bicyclic) bond motifs is 3. The van der Waals surface area contributed by atoms with Gasteiger partial charge >= 0.3 is 0 Å². The molecule has 0 amide bonds. The van der Waals surface area contributed by atoms with Crippen LogP contribution in [-0.4, -0.2) is 15.0 Å². The highest BCUT2D eigenvalue weighted by Crippen LogP contribution is 2.31. The van der Waals surface area contributed by atoms with E-state index in [-0.39, 0.29) is 17.3 Å². The lowest BCUT2D eigenvalue weighted by atomic mass is 10.1. The average molecular weight is 364 g/mol. The van der Waals surface area contributed by atoms with Gasteiger partial charge < -0.3 is 9.73 Å². The number of aryl methyl sites for hydroxylation is 1. The van der Waals surface area contributed by atoms with Crippen molar-refractivity contribution in [2.24, 2.45) is 0 Å². The molecule has 0 aliphatic carbocycles. The molecule has 1 aromatic heterocycles. The minimum atomic E-state index is -3.53. The normalized spacial score (nSPS) is 14.2. The van der Waals surface area contributed by atoms with Crippen LogP contribution in [0.25, 0.3) is 11.0 Å². The number of hydrogen-bond acceptors (Lipinski definition) is 4. The molecule has 0 saturated carbocycles. The zero-order chi connectivity index (χ0) is 16.0. The van der Waals surface area contributed by atoms with Crippen LogP contribution in [0.15, 0.2) is 56.7 Å². The van der Waals surface area contributed by atoms with Crippen molar-refractivity contribution in [3.63, 3.8) is 0 Å². The van der Waals surface area contributed by atoms with Crippen molar-refractivity contribution in [2.75, 3.05) is 6.54 Å². The third-order valence-electron chi connectivity index (χ3n) is 4.29. The van der Waals surface area contributed by atoms with Gasteiger partial charge in [0.2, 0.25) is 9.84 Å². The van der Waals surface area contributed by atoms with Gasteiger partial charge in [-0.1, -0.05) is 12.1 Å². The first-order chi connectivity index (χ1) is 11.1. The number of sulfone groups is 1. The zero-order valence-corrected chi connectivity index (χ0v) is 14.8. The van der Waals surface area contributed by atoms with Gasteiger partial charge in [0.15, 0.2) is 0 Å². The number of halogens is 1. The number of benzene rings is 2. The molecule has 1 aliphatic rings. The first kappa shape index (κ1) is 17.0. The molecule has 0 radical (unpaired) electrons. The molecule has 0 bridgehead atoms. The molecule has 0 atom stereocenters. The number of hydrogen-bond donors (Lipinski definition) is 1. The average Bonchev–Trinajstić information content (AvgIpc) is 2.92. The summed E-state index contributed by atoms with van der Waals surface area (Å²) in [6.07, 6.45) is 0.837. The summed E-state index contributed by atoms with van der Waals surface area (Å²) < 4.78 is 31.5. The van der Waals surface area contributed by atoms with Crippen LogP contribution < -0.4 is 5.32 Å². The molecular formula is C18H18ClNO3S. The fourth-order valence-electron chi connectivity index (χ4n) is 3.08. The van der Waals surface area contributed by atoms with Crippen LogP contribution >= 0.6 is 12.4 Å². The molecule has 1 aliphatic heterocycles. The van der Waals surface area contributed by atoms with E-state index in [1.165, 1.54) is 0 Å². The Morgan fingerprint density at radius 3 is 2.67 bits per heavy atom. The minimum Gasteiger partial charge on any atom is -0.461 e. The second kappa shape index (κ2) is 6.24. The molecule has 0 spiro atoms. The van der Waals surface area contributed by atoms with Crippen molar-refractivity contribution in [2.45, 2.75) is 29.7 Å². The summed E-state index contributed by atoms with van der Waals surface area (Å²) >= 11 is 0. The van der Waals surface area contributed by atoms with Crippen LogP contribution in [0.4, 0.5) is 0 Å². The molecule has 4 nitrogen and oxygen atoms in total. The number of nitrogens with one attached hydrogen (secondary N) is 1. The Balaban J connectivity index is 0.00000169. The Bertz CT molecular complexity index is 1010. The van der Waals surface area contributed by atoms with Gasteiger partial charge in [0.1, 0.15) is 11.3 Å². The summed E-state index contributed by atoms with van der Waals surface area (Å²) in [5.41, 5.74) is 2.71. The van der Waals surface area contributed by atoms with Crippen LogP contribution in [-0.2, 0) is 22.8 Å². The molecule has 1 N–H and O–H groups in total. The van der Waals surface area contributed by atoms with Gasteiger partial charge in [-0.05, 0) is 36.8 Å². The second-order valence-electron chi connectivity index (χ2n) is 5.91. The lowest BCUT2D eigenvalue weighted by Gasteiger charge is -2.10. The third-order valence-corrected chi connectivity index (χ3v) is 6.04. The van der Waals surface area contributed by atoms with Gasteiger partial charge in [-0.15, -0.1) is 12.4 Å². The lowest BCUT2D eigenvalue weighted by Crippen LogP contribution is -2.22. The Morgan fingerprint density at radius 2 is 1.88 bits per heavy atom. The summed E-state index contributed by atoms with van der Waals surface area (Å²) in [6, 6.07) is 12.1. The molecule has 0 saturated heterocycles. The molecule has 6 heteroatoms. The molecule has 3 aromatic rings. The summed E-state index contributed by atoms with van der Waals surface area (Å²) in [7, 11) is -3.53. The Morgan fingerprint density at radius 1 is 1.08 bits per heavy atom. The summed E-state index contributed by atoms with van der Waals surface area (Å²) in [5, 5.41) is 4.31. The van der Waals surface area contributed by atoms with E-state index >= 15 is 0 Å². The van der Waals surface area contributed by atoms with E-state index in [9.17, 15) is 8.42 Å². The van der Waals surface area contributed by atoms with Gasteiger partial charge in [0.25, 0.3) is 0 Å². The summed E-state index contributed by atoms with van der Waals surface area (Å²) in [5.74, 6) is 0.962. The molecule has 2 heterocycles. The van der Waals surface area contributed by atoms with Crippen LogP contribution in [0.3, 0.4) is 0 Å². The molecule has 2 aromatic carbocycles. The van der Waals surface area contributed by atoms with Gasteiger partial charge in [-0.3, -0.25) is 0 Å². The Hall–Kier alpha value is -1.82. The maximum absolute atomic E-state index is 12.8. The molecule has 24 heavy (non-hydrogen) atoms. The maximum Gasteiger partial charge on any atom is 0.206 e. The highest BCUT2D eigenvalue weighted by atomic mass is 35.5. The fourth-order valence-corrected chi connectivity index (χ4v) is 4.46. The molecule has 4 rings (SSSR count). The van der Waals surface area contributed by atoms with Crippen LogP contribution in [0, 0.1) is 6.92 Å². The van der Waals surface area contributed by atoms with E-state index in [2.05, 4.69) is 5.32 Å². The van der Waals surface area contributed by atoms with E-state index in [1.807, 2.05) is 19.1 Å². The fraction of sp³-hybridized carbons (Fsp3) is 0.222. The lowest BCUT2D eigenvalue weighted by molar-refractivity contribution is 0.500. The Kier molecular flexibility index (Phi) is 4.42. The van der Waals surface area contributed by atoms with Gasteiger partial charge in [0.05, 0.1) is 9.79 Å². The maximum atomic E-state index is 12.8. The topological polar surface area (TPSA) is 59.3 Å². The van der Waals surface area contributed by atoms with Crippen molar-refractivity contribution in [1.82, 2.24) is 5.32 Å². The van der Waals surface area contributed by atoms with E-state index in [0.29, 0.717) is 10.5 Å². The standard InChI is InChI=1S/C18H17NO3S.ClH/c1-12-3-2-4-13(9-12)23(20,21)14-5-6-15-16-11-19-8-7-17(16)22-18(15)10-14;/h2-6,9-10,19H,7-8,11H2,1H3;1H. The monoisotopic (exact) mass is 363 g/mol. The van der Waals surface area contributed by atoms with Gasteiger partial charge in [-0.2, -0.15) is 0 Å². The van der Waals surface area contributed by atoms with Crippen molar-refractivity contribution in [3.8, 4) is 0 Å². The molecule has 0 fully saturated rings. The number of furan rings is 1. The molecular weight excluding hydrogens is 346 g/mol. The second-order valence-corrected chi connectivity index (χ2v) is 7.86. The smallest absolute Gasteiger partial charge is 0.206 e. The quantitative estimate of drug-likeness (QED) is 0.755. The van der Waals surface area contributed by atoms with Gasteiger partial charge in [0, 0.05) is 36.5 Å². The molecule has 126 valence electrons. The van der Waals surface area contributed by atoms with Crippen molar-refractivity contribution >= 4 is 33.2 Å².